The predicted molar refractivity (Wildman–Crippen MR) is 86.5 cm³/mol. The molecule has 0 aromatic heterocycles. The highest BCUT2D eigenvalue weighted by atomic mass is 16.5. The molecule has 1 heteroatoms. The van der Waals surface area contributed by atoms with Crippen LogP contribution in [0, 0.1) is 10.8 Å². The van der Waals surface area contributed by atoms with E-state index in [1.807, 2.05) is 0 Å². The molecule has 0 saturated carbocycles. The molecule has 0 atom stereocenters. The molecule has 0 aromatic carbocycles. The first-order valence-corrected chi connectivity index (χ1v) is 7.56. The van der Waals surface area contributed by atoms with Crippen LogP contribution in [-0.2, 0) is 4.74 Å². The minimum atomic E-state index is 0.280. The lowest BCUT2D eigenvalue weighted by atomic mass is 9.88. The predicted octanol–water partition coefficient (Wildman–Crippen LogP) is 5.77. The normalized spacial score (nSPS) is 14.9. The van der Waals surface area contributed by atoms with E-state index in [4.69, 9.17) is 4.74 Å². The molecule has 0 saturated heterocycles. The van der Waals surface area contributed by atoms with Crippen LogP contribution in [0.2, 0.25) is 0 Å². The summed E-state index contributed by atoms with van der Waals surface area (Å²) >= 11 is 0. The minimum absolute atomic E-state index is 0.280. The highest BCUT2D eigenvalue weighted by molar-refractivity contribution is 5.07. The van der Waals surface area contributed by atoms with Gasteiger partial charge in [0.1, 0.15) is 0 Å². The van der Waals surface area contributed by atoms with Crippen molar-refractivity contribution in [3.63, 3.8) is 0 Å². The molecule has 0 heterocycles. The maximum Gasteiger partial charge on any atom is 0.0678 e. The van der Waals surface area contributed by atoms with E-state index in [0.717, 1.165) is 26.1 Å². The zero-order valence-corrected chi connectivity index (χ0v) is 14.4. The Kier molecular flexibility index (Phi) is 7.66. The zero-order chi connectivity index (χ0) is 15.1. The van der Waals surface area contributed by atoms with Gasteiger partial charge in [0, 0.05) is 0 Å². The molecule has 0 aliphatic rings. The van der Waals surface area contributed by atoms with Crippen LogP contribution in [-0.4, -0.2) is 13.2 Å². The van der Waals surface area contributed by atoms with Crippen molar-refractivity contribution >= 4 is 0 Å². The van der Waals surface area contributed by atoms with Gasteiger partial charge in [-0.2, -0.15) is 0 Å². The van der Waals surface area contributed by atoms with E-state index in [1.165, 1.54) is 11.1 Å². The summed E-state index contributed by atoms with van der Waals surface area (Å²) in [5.41, 5.74) is 3.22. The summed E-state index contributed by atoms with van der Waals surface area (Å²) in [6.07, 6.45) is 6.99. The van der Waals surface area contributed by atoms with Crippen LogP contribution in [0.15, 0.2) is 23.3 Å². The fraction of sp³-hybridized carbons (Fsp3) is 0.778. The number of rotatable bonds is 8. The Hall–Kier alpha value is -0.560. The van der Waals surface area contributed by atoms with Crippen molar-refractivity contribution in [1.82, 2.24) is 0 Å². The van der Waals surface area contributed by atoms with Crippen molar-refractivity contribution < 1.29 is 4.74 Å². The zero-order valence-electron chi connectivity index (χ0n) is 14.4. The molecule has 0 unspecified atom stereocenters. The smallest absolute Gasteiger partial charge is 0.0678 e. The summed E-state index contributed by atoms with van der Waals surface area (Å²) in [6, 6.07) is 0. The topological polar surface area (TPSA) is 9.23 Å². The molecule has 0 aliphatic carbocycles. The van der Waals surface area contributed by atoms with Crippen LogP contribution in [0.1, 0.15) is 68.2 Å². The quantitative estimate of drug-likeness (QED) is 0.507. The van der Waals surface area contributed by atoms with E-state index in [1.54, 1.807) is 0 Å². The summed E-state index contributed by atoms with van der Waals surface area (Å²) in [6.45, 7) is 19.3. The molecular weight excluding hydrogens is 232 g/mol. The van der Waals surface area contributed by atoms with Crippen LogP contribution < -0.4 is 0 Å². The fourth-order valence-corrected chi connectivity index (χ4v) is 1.99. The third-order valence-corrected chi connectivity index (χ3v) is 3.76. The van der Waals surface area contributed by atoms with Gasteiger partial charge in [-0.25, -0.2) is 0 Å². The second-order valence-corrected chi connectivity index (χ2v) is 7.16. The standard InChI is InChI=1S/C18H34O/c1-9-17(5,6)11-15(3)13-19-14-16(4)12-18(7,8)10-2/h11-12H,9-10,13-14H2,1-8H3. The van der Waals surface area contributed by atoms with Gasteiger partial charge in [0.15, 0.2) is 0 Å². The third-order valence-electron chi connectivity index (χ3n) is 3.76. The molecule has 0 N–H and O–H groups in total. The van der Waals surface area contributed by atoms with E-state index in [-0.39, 0.29) is 10.8 Å². The number of hydrogen-bond donors (Lipinski definition) is 0. The van der Waals surface area contributed by atoms with E-state index in [9.17, 15) is 0 Å². The van der Waals surface area contributed by atoms with Gasteiger partial charge in [-0.15, -0.1) is 0 Å². The van der Waals surface area contributed by atoms with Crippen LogP contribution in [0.4, 0.5) is 0 Å². The Labute approximate surface area is 121 Å². The van der Waals surface area contributed by atoms with Gasteiger partial charge in [0.05, 0.1) is 13.2 Å². The van der Waals surface area contributed by atoms with Crippen molar-refractivity contribution in [3.05, 3.63) is 23.3 Å². The van der Waals surface area contributed by atoms with Gasteiger partial charge < -0.3 is 4.74 Å². The summed E-state index contributed by atoms with van der Waals surface area (Å²) in [4.78, 5) is 0. The van der Waals surface area contributed by atoms with Crippen LogP contribution in [0.25, 0.3) is 0 Å². The van der Waals surface area contributed by atoms with Crippen molar-refractivity contribution in [2.75, 3.05) is 13.2 Å². The van der Waals surface area contributed by atoms with Crippen LogP contribution in [0.3, 0.4) is 0 Å². The summed E-state index contributed by atoms with van der Waals surface area (Å²) in [5.74, 6) is 0. The molecule has 0 amide bonds. The molecule has 112 valence electrons. The van der Waals surface area contributed by atoms with Crippen molar-refractivity contribution in [2.24, 2.45) is 10.8 Å². The van der Waals surface area contributed by atoms with Gasteiger partial charge in [-0.1, -0.05) is 64.8 Å². The Morgan fingerprint density at radius 2 is 1.11 bits per heavy atom. The third kappa shape index (κ3) is 9.04. The van der Waals surface area contributed by atoms with Crippen molar-refractivity contribution in [1.29, 1.82) is 0 Å². The van der Waals surface area contributed by atoms with Crippen molar-refractivity contribution in [2.45, 2.75) is 68.2 Å². The Bertz CT molecular complexity index is 287. The van der Waals surface area contributed by atoms with Gasteiger partial charge in [0.25, 0.3) is 0 Å². The Morgan fingerprint density at radius 3 is 1.37 bits per heavy atom. The SMILES string of the molecule is CCC(C)(C)C=C(C)COCC(C)=CC(C)(C)CC. The molecular formula is C18H34O. The second-order valence-electron chi connectivity index (χ2n) is 7.16. The van der Waals surface area contributed by atoms with E-state index in [2.05, 4.69) is 67.5 Å². The maximum atomic E-state index is 5.80. The van der Waals surface area contributed by atoms with E-state index in [0.29, 0.717) is 0 Å². The molecule has 0 fully saturated rings. The second kappa shape index (κ2) is 7.89. The van der Waals surface area contributed by atoms with Gasteiger partial charge in [-0.05, 0) is 37.5 Å². The fourth-order valence-electron chi connectivity index (χ4n) is 1.99. The minimum Gasteiger partial charge on any atom is -0.373 e. The highest BCUT2D eigenvalue weighted by Gasteiger charge is 2.12. The van der Waals surface area contributed by atoms with Crippen LogP contribution in [0.5, 0.6) is 0 Å². The van der Waals surface area contributed by atoms with Crippen molar-refractivity contribution in [3.8, 4) is 0 Å². The first-order valence-electron chi connectivity index (χ1n) is 7.56. The number of ether oxygens (including phenoxy) is 1. The lowest BCUT2D eigenvalue weighted by Crippen LogP contribution is -2.10. The Balaban J connectivity index is 4.25. The lowest BCUT2D eigenvalue weighted by molar-refractivity contribution is 0.177. The molecule has 0 spiro atoms. The van der Waals surface area contributed by atoms with Gasteiger partial charge >= 0.3 is 0 Å². The molecule has 0 bridgehead atoms. The number of allylic oxidation sites excluding steroid dienone is 2. The lowest BCUT2D eigenvalue weighted by Gasteiger charge is -2.20. The number of hydrogen-bond acceptors (Lipinski definition) is 1. The first-order chi connectivity index (χ1) is 8.62. The summed E-state index contributed by atoms with van der Waals surface area (Å²) in [5, 5.41) is 0. The first kappa shape index (κ1) is 18.4. The molecule has 0 rings (SSSR count). The average molecular weight is 266 g/mol. The molecule has 1 nitrogen and oxygen atoms in total. The average Bonchev–Trinajstić information content (AvgIpc) is 2.27. The van der Waals surface area contributed by atoms with E-state index >= 15 is 0 Å². The largest absolute Gasteiger partial charge is 0.373 e. The van der Waals surface area contributed by atoms with Gasteiger partial charge in [-0.3, -0.25) is 0 Å². The molecule has 0 radical (unpaired) electrons. The monoisotopic (exact) mass is 266 g/mol. The summed E-state index contributed by atoms with van der Waals surface area (Å²) in [7, 11) is 0. The highest BCUT2D eigenvalue weighted by Crippen LogP contribution is 2.24. The molecule has 0 aliphatic heterocycles. The maximum absolute atomic E-state index is 5.80. The summed E-state index contributed by atoms with van der Waals surface area (Å²) < 4.78 is 5.80. The van der Waals surface area contributed by atoms with E-state index < -0.39 is 0 Å². The molecule has 19 heavy (non-hydrogen) atoms. The van der Waals surface area contributed by atoms with Gasteiger partial charge in [0.2, 0.25) is 0 Å². The molecule has 0 aromatic rings. The van der Waals surface area contributed by atoms with Crippen LogP contribution >= 0.6 is 0 Å². The Morgan fingerprint density at radius 1 is 0.789 bits per heavy atom.